The average molecular weight is 266 g/mol. The number of alkyl halides is 1. The largest absolute Gasteiger partial charge is 0.469 e. The molecule has 0 amide bonds. The van der Waals surface area contributed by atoms with Gasteiger partial charge in [0, 0.05) is 0 Å². The predicted molar refractivity (Wildman–Crippen MR) is 63.1 cm³/mol. The van der Waals surface area contributed by atoms with Crippen molar-refractivity contribution in [3.63, 3.8) is 0 Å². The number of aliphatic hydroxyl groups is 1. The molecule has 100 valence electrons. The van der Waals surface area contributed by atoms with Crippen molar-refractivity contribution < 1.29 is 14.2 Å². The molecule has 0 radical (unpaired) electrons. The summed E-state index contributed by atoms with van der Waals surface area (Å²) in [7, 11) is 0. The molecule has 8 heteroatoms. The van der Waals surface area contributed by atoms with E-state index in [4.69, 9.17) is 4.74 Å². The fourth-order valence-corrected chi connectivity index (χ4v) is 2.06. The van der Waals surface area contributed by atoms with Gasteiger partial charge < -0.3 is 14.8 Å². The molecule has 1 saturated heterocycles. The van der Waals surface area contributed by atoms with Crippen molar-refractivity contribution in [3.05, 3.63) is 34.8 Å². The third-order valence-corrected chi connectivity index (χ3v) is 3.00. The van der Waals surface area contributed by atoms with Crippen molar-refractivity contribution in [1.82, 2.24) is 19.5 Å². The molecule has 3 rings (SSSR count). The van der Waals surface area contributed by atoms with E-state index in [1.54, 1.807) is 6.92 Å². The Morgan fingerprint density at radius 1 is 1.63 bits per heavy atom. The first-order valence-corrected chi connectivity index (χ1v) is 5.60. The van der Waals surface area contributed by atoms with Crippen LogP contribution in [-0.4, -0.2) is 36.9 Å². The number of aromatic amines is 1. The minimum Gasteiger partial charge on any atom is -0.469 e. The fourth-order valence-electron chi connectivity index (χ4n) is 2.06. The Balaban J connectivity index is 2.17. The van der Waals surface area contributed by atoms with Gasteiger partial charge in [-0.05, 0) is 6.92 Å². The van der Waals surface area contributed by atoms with Crippen molar-refractivity contribution in [3.8, 4) is 0 Å². The Labute approximate surface area is 106 Å². The Morgan fingerprint density at radius 2 is 2.37 bits per heavy atom. The van der Waals surface area contributed by atoms with Crippen LogP contribution in [0, 0.1) is 6.92 Å². The Hall–Kier alpha value is -2.22. The van der Waals surface area contributed by atoms with E-state index in [-0.39, 0.29) is 16.9 Å². The van der Waals surface area contributed by atoms with E-state index in [2.05, 4.69) is 21.5 Å². The summed E-state index contributed by atoms with van der Waals surface area (Å²) in [5, 5.41) is 9.50. The molecule has 3 atom stereocenters. The molecular formula is C11H11FN4O3. The van der Waals surface area contributed by atoms with Crippen molar-refractivity contribution in [2.75, 3.05) is 0 Å². The van der Waals surface area contributed by atoms with Crippen LogP contribution in [0.15, 0.2) is 23.5 Å². The van der Waals surface area contributed by atoms with Crippen LogP contribution in [-0.2, 0) is 4.74 Å². The summed E-state index contributed by atoms with van der Waals surface area (Å²) >= 11 is 0. The number of halogens is 1. The number of imidazole rings is 1. The number of nitrogens with zero attached hydrogens (tertiary/aromatic N) is 3. The number of aliphatic hydroxyl groups excluding tert-OH is 1. The zero-order chi connectivity index (χ0) is 13.7. The molecule has 1 fully saturated rings. The SMILES string of the molecule is C=C1O[C@@H](n2cnc3c(=O)[nH]c(C)nc32)[C@H](F)[C@@H]1O. The van der Waals surface area contributed by atoms with Gasteiger partial charge in [-0.3, -0.25) is 9.36 Å². The first kappa shape index (κ1) is 11.8. The smallest absolute Gasteiger partial charge is 0.279 e. The first-order valence-electron chi connectivity index (χ1n) is 5.60. The van der Waals surface area contributed by atoms with Crippen LogP contribution in [0.1, 0.15) is 12.1 Å². The second kappa shape index (κ2) is 3.89. The van der Waals surface area contributed by atoms with Gasteiger partial charge in [0.05, 0.1) is 0 Å². The third kappa shape index (κ3) is 1.64. The number of hydrogen-bond acceptors (Lipinski definition) is 5. The van der Waals surface area contributed by atoms with E-state index < -0.39 is 24.1 Å². The number of nitrogens with one attached hydrogen (secondary N) is 1. The monoisotopic (exact) mass is 266 g/mol. The Bertz CT molecular complexity index is 722. The molecule has 3 heterocycles. The highest BCUT2D eigenvalue weighted by Crippen LogP contribution is 2.34. The van der Waals surface area contributed by atoms with Crippen LogP contribution in [0.3, 0.4) is 0 Å². The topological polar surface area (TPSA) is 93.0 Å². The van der Waals surface area contributed by atoms with Gasteiger partial charge in [0.2, 0.25) is 6.23 Å². The molecule has 0 bridgehead atoms. The first-order chi connectivity index (χ1) is 8.99. The lowest BCUT2D eigenvalue weighted by molar-refractivity contribution is 0.0405. The number of hydrogen-bond donors (Lipinski definition) is 2. The molecule has 1 aliphatic heterocycles. The highest BCUT2D eigenvalue weighted by molar-refractivity contribution is 5.69. The lowest BCUT2D eigenvalue weighted by atomic mass is 10.2. The quantitative estimate of drug-likeness (QED) is 0.767. The number of aryl methyl sites for hydroxylation is 1. The molecule has 19 heavy (non-hydrogen) atoms. The molecule has 1 aliphatic rings. The molecule has 0 unspecified atom stereocenters. The van der Waals surface area contributed by atoms with E-state index >= 15 is 0 Å². The van der Waals surface area contributed by atoms with Gasteiger partial charge in [-0.2, -0.15) is 0 Å². The molecule has 0 spiro atoms. The summed E-state index contributed by atoms with van der Waals surface area (Å²) in [6.07, 6.45) is -2.95. The Kier molecular flexibility index (Phi) is 2.42. The van der Waals surface area contributed by atoms with Gasteiger partial charge in [0.1, 0.15) is 24.0 Å². The van der Waals surface area contributed by atoms with Crippen LogP contribution >= 0.6 is 0 Å². The molecule has 2 aromatic rings. The zero-order valence-electron chi connectivity index (χ0n) is 10.00. The number of ether oxygens (including phenoxy) is 1. The third-order valence-electron chi connectivity index (χ3n) is 3.00. The van der Waals surface area contributed by atoms with Gasteiger partial charge in [-0.1, -0.05) is 6.58 Å². The van der Waals surface area contributed by atoms with Crippen LogP contribution in [0.5, 0.6) is 0 Å². The van der Waals surface area contributed by atoms with Crippen molar-refractivity contribution in [2.45, 2.75) is 25.4 Å². The Morgan fingerprint density at radius 3 is 3.00 bits per heavy atom. The van der Waals surface area contributed by atoms with Crippen molar-refractivity contribution in [2.24, 2.45) is 0 Å². The number of fused-ring (bicyclic) bond motifs is 1. The number of rotatable bonds is 1. The summed E-state index contributed by atoms with van der Waals surface area (Å²) < 4.78 is 20.4. The molecule has 2 aromatic heterocycles. The zero-order valence-corrected chi connectivity index (χ0v) is 10.00. The molecule has 7 nitrogen and oxygen atoms in total. The lowest BCUT2D eigenvalue weighted by Crippen LogP contribution is -2.24. The number of aromatic nitrogens is 4. The van der Waals surface area contributed by atoms with Gasteiger partial charge >= 0.3 is 0 Å². The van der Waals surface area contributed by atoms with Crippen LogP contribution in [0.2, 0.25) is 0 Å². The summed E-state index contributed by atoms with van der Waals surface area (Å²) in [6.45, 7) is 5.03. The minimum atomic E-state index is -1.69. The van der Waals surface area contributed by atoms with Gasteiger partial charge in [-0.25, -0.2) is 14.4 Å². The van der Waals surface area contributed by atoms with E-state index in [9.17, 15) is 14.3 Å². The van der Waals surface area contributed by atoms with Crippen LogP contribution < -0.4 is 5.56 Å². The van der Waals surface area contributed by atoms with Gasteiger partial charge in [0.25, 0.3) is 5.56 Å². The molecule has 0 aromatic carbocycles. The maximum Gasteiger partial charge on any atom is 0.279 e. The predicted octanol–water partition coefficient (Wildman–Crippen LogP) is 0.170. The highest BCUT2D eigenvalue weighted by Gasteiger charge is 2.42. The molecule has 2 N–H and O–H groups in total. The highest BCUT2D eigenvalue weighted by atomic mass is 19.1. The minimum absolute atomic E-state index is 0.0547. The maximum absolute atomic E-state index is 13.9. The van der Waals surface area contributed by atoms with Crippen LogP contribution in [0.4, 0.5) is 4.39 Å². The van der Waals surface area contributed by atoms with Gasteiger partial charge in [-0.15, -0.1) is 0 Å². The maximum atomic E-state index is 13.9. The van der Waals surface area contributed by atoms with E-state index in [0.717, 1.165) is 0 Å². The summed E-state index contributed by atoms with van der Waals surface area (Å²) in [6, 6.07) is 0. The normalized spacial score (nSPS) is 26.9. The molecule has 0 saturated carbocycles. The second-order valence-corrected chi connectivity index (χ2v) is 4.34. The van der Waals surface area contributed by atoms with Crippen molar-refractivity contribution >= 4 is 11.2 Å². The summed E-state index contributed by atoms with van der Waals surface area (Å²) in [5.74, 6) is 0.327. The van der Waals surface area contributed by atoms with E-state index in [0.29, 0.717) is 5.82 Å². The van der Waals surface area contributed by atoms with Crippen molar-refractivity contribution in [1.29, 1.82) is 0 Å². The molecule has 0 aliphatic carbocycles. The molecular weight excluding hydrogens is 255 g/mol. The lowest BCUT2D eigenvalue weighted by Gasteiger charge is -2.14. The fraction of sp³-hybridized carbons (Fsp3) is 0.364. The second-order valence-electron chi connectivity index (χ2n) is 4.34. The van der Waals surface area contributed by atoms with E-state index in [1.807, 2.05) is 0 Å². The standard InChI is InChI=1S/C11H11FN4O3/c1-4-8(17)6(12)11(19-4)16-3-13-7-9(16)14-5(2)15-10(7)18/h3,6,8,11,17H,1H2,2H3,(H,14,15,18)/t6-,8-,11-/m1/s1. The number of H-pyrrole nitrogens is 1. The summed E-state index contributed by atoms with van der Waals surface area (Å²) in [4.78, 5) is 22.2. The van der Waals surface area contributed by atoms with E-state index in [1.165, 1.54) is 10.9 Å². The van der Waals surface area contributed by atoms with Gasteiger partial charge in [0.15, 0.2) is 17.3 Å². The summed E-state index contributed by atoms with van der Waals surface area (Å²) in [5.41, 5.74) is -0.113. The average Bonchev–Trinajstić information content (AvgIpc) is 2.86. The van der Waals surface area contributed by atoms with Crippen LogP contribution in [0.25, 0.3) is 11.2 Å².